The first kappa shape index (κ1) is 13.0. The Morgan fingerprint density at radius 3 is 2.75 bits per heavy atom. The summed E-state index contributed by atoms with van der Waals surface area (Å²) in [6.07, 6.45) is 0. The molecule has 90 valence electrons. The summed E-state index contributed by atoms with van der Waals surface area (Å²) in [6.45, 7) is 2.47. The second kappa shape index (κ2) is 6.52. The van der Waals surface area contributed by atoms with Crippen LogP contribution in [0.5, 0.6) is 0 Å². The lowest BCUT2D eigenvalue weighted by Gasteiger charge is -2.14. The molecule has 3 nitrogen and oxygen atoms in total. The molecule has 1 rings (SSSR count). The third-order valence-electron chi connectivity index (χ3n) is 2.07. The van der Waals surface area contributed by atoms with Crippen LogP contribution < -0.4 is 5.48 Å². The summed E-state index contributed by atoms with van der Waals surface area (Å²) in [5.41, 5.74) is 2.85. The summed E-state index contributed by atoms with van der Waals surface area (Å²) >= 11 is 0. The summed E-state index contributed by atoms with van der Waals surface area (Å²) in [5, 5.41) is 0. The van der Waals surface area contributed by atoms with Crippen molar-refractivity contribution in [2.75, 3.05) is 20.3 Å². The van der Waals surface area contributed by atoms with E-state index in [4.69, 9.17) is 9.57 Å². The number of methoxy groups -OCH3 is 1. The van der Waals surface area contributed by atoms with Crippen LogP contribution in [0.2, 0.25) is 0 Å². The second-order valence-electron chi connectivity index (χ2n) is 3.35. The fourth-order valence-corrected chi connectivity index (χ4v) is 1.22. The molecule has 0 saturated heterocycles. The maximum absolute atomic E-state index is 13.3. The van der Waals surface area contributed by atoms with Gasteiger partial charge in [-0.25, -0.2) is 8.78 Å². The van der Waals surface area contributed by atoms with E-state index in [1.807, 2.05) is 0 Å². The topological polar surface area (TPSA) is 30.5 Å². The molecule has 0 bridgehead atoms. The van der Waals surface area contributed by atoms with Crippen LogP contribution in [-0.2, 0) is 9.57 Å². The largest absolute Gasteiger partial charge is 0.382 e. The fraction of sp³-hybridized carbons (Fsp3) is 0.455. The smallest absolute Gasteiger partial charge is 0.128 e. The number of halogens is 2. The van der Waals surface area contributed by atoms with Crippen molar-refractivity contribution in [1.82, 2.24) is 5.48 Å². The average Bonchev–Trinajstić information content (AvgIpc) is 2.27. The van der Waals surface area contributed by atoms with E-state index < -0.39 is 17.7 Å². The van der Waals surface area contributed by atoms with Gasteiger partial charge in [0.05, 0.1) is 19.3 Å². The summed E-state index contributed by atoms with van der Waals surface area (Å²) < 4.78 is 31.0. The van der Waals surface area contributed by atoms with Crippen LogP contribution in [-0.4, -0.2) is 20.3 Å². The summed E-state index contributed by atoms with van der Waals surface area (Å²) in [6, 6.07) is 2.90. The number of hydrogen-bond donors (Lipinski definition) is 1. The number of ether oxygens (including phenoxy) is 1. The van der Waals surface area contributed by atoms with E-state index in [9.17, 15) is 8.78 Å². The molecule has 1 aromatic carbocycles. The maximum Gasteiger partial charge on any atom is 0.128 e. The Balaban J connectivity index is 2.51. The van der Waals surface area contributed by atoms with Gasteiger partial charge in [-0.05, 0) is 25.1 Å². The molecule has 0 radical (unpaired) electrons. The Morgan fingerprint density at radius 1 is 1.31 bits per heavy atom. The Bertz CT molecular complexity index is 334. The van der Waals surface area contributed by atoms with Gasteiger partial charge in [0.1, 0.15) is 11.6 Å². The molecule has 0 aliphatic heterocycles. The van der Waals surface area contributed by atoms with Crippen LogP contribution >= 0.6 is 0 Å². The standard InChI is InChI=1S/C11H15F2NO2/c1-8(14-16-6-5-15-2)10-7-9(12)3-4-11(10)13/h3-4,7-8,14H,5-6H2,1-2H3. The van der Waals surface area contributed by atoms with Crippen molar-refractivity contribution in [3.63, 3.8) is 0 Å². The Hall–Kier alpha value is -1.04. The molecule has 1 atom stereocenters. The van der Waals surface area contributed by atoms with Crippen LogP contribution in [0, 0.1) is 11.6 Å². The quantitative estimate of drug-likeness (QED) is 0.601. The van der Waals surface area contributed by atoms with Crippen LogP contribution in [0.1, 0.15) is 18.5 Å². The second-order valence-corrected chi connectivity index (χ2v) is 3.35. The summed E-state index contributed by atoms with van der Waals surface area (Å²) in [4.78, 5) is 5.02. The van der Waals surface area contributed by atoms with Crippen LogP contribution in [0.3, 0.4) is 0 Å². The number of rotatable bonds is 6. The highest BCUT2D eigenvalue weighted by Crippen LogP contribution is 2.17. The highest BCUT2D eigenvalue weighted by atomic mass is 19.1. The molecular weight excluding hydrogens is 216 g/mol. The van der Waals surface area contributed by atoms with Crippen LogP contribution in [0.15, 0.2) is 18.2 Å². The van der Waals surface area contributed by atoms with Crippen molar-refractivity contribution in [3.05, 3.63) is 35.4 Å². The van der Waals surface area contributed by atoms with E-state index >= 15 is 0 Å². The normalized spacial score (nSPS) is 12.8. The zero-order chi connectivity index (χ0) is 12.0. The maximum atomic E-state index is 13.3. The molecule has 0 aliphatic rings. The first-order valence-electron chi connectivity index (χ1n) is 4.96. The number of hydrogen-bond acceptors (Lipinski definition) is 3. The molecule has 16 heavy (non-hydrogen) atoms. The molecule has 0 spiro atoms. The summed E-state index contributed by atoms with van der Waals surface area (Å²) in [7, 11) is 1.55. The number of nitrogens with one attached hydrogen (secondary N) is 1. The zero-order valence-electron chi connectivity index (χ0n) is 9.30. The van der Waals surface area contributed by atoms with Gasteiger partial charge in [0.25, 0.3) is 0 Å². The third-order valence-corrected chi connectivity index (χ3v) is 2.07. The average molecular weight is 231 g/mol. The molecule has 1 aromatic rings. The fourth-order valence-electron chi connectivity index (χ4n) is 1.22. The first-order chi connectivity index (χ1) is 7.65. The van der Waals surface area contributed by atoms with Gasteiger partial charge in [0.2, 0.25) is 0 Å². The van der Waals surface area contributed by atoms with Gasteiger partial charge in [-0.3, -0.25) is 4.84 Å². The minimum Gasteiger partial charge on any atom is -0.382 e. The van der Waals surface area contributed by atoms with Crippen LogP contribution in [0.25, 0.3) is 0 Å². The molecular formula is C11H15F2NO2. The molecule has 0 aliphatic carbocycles. The van der Waals surface area contributed by atoms with E-state index in [1.54, 1.807) is 14.0 Å². The minimum absolute atomic E-state index is 0.234. The number of benzene rings is 1. The Labute approximate surface area is 93.3 Å². The van der Waals surface area contributed by atoms with E-state index in [0.717, 1.165) is 18.2 Å². The molecule has 1 N–H and O–H groups in total. The molecule has 0 aromatic heterocycles. The van der Waals surface area contributed by atoms with E-state index in [-0.39, 0.29) is 5.56 Å². The molecule has 5 heteroatoms. The van der Waals surface area contributed by atoms with Gasteiger partial charge in [0.15, 0.2) is 0 Å². The molecule has 0 saturated carbocycles. The van der Waals surface area contributed by atoms with E-state index in [2.05, 4.69) is 5.48 Å². The predicted molar refractivity (Wildman–Crippen MR) is 55.7 cm³/mol. The lowest BCUT2D eigenvalue weighted by atomic mass is 10.1. The monoisotopic (exact) mass is 231 g/mol. The van der Waals surface area contributed by atoms with Crippen LogP contribution in [0.4, 0.5) is 8.78 Å². The van der Waals surface area contributed by atoms with E-state index in [1.165, 1.54) is 0 Å². The van der Waals surface area contributed by atoms with Crippen molar-refractivity contribution < 1.29 is 18.4 Å². The SMILES string of the molecule is COCCONC(C)c1cc(F)ccc1F. The lowest BCUT2D eigenvalue weighted by Crippen LogP contribution is -2.22. The van der Waals surface area contributed by atoms with Crippen molar-refractivity contribution in [2.24, 2.45) is 0 Å². The van der Waals surface area contributed by atoms with Gasteiger partial charge >= 0.3 is 0 Å². The zero-order valence-corrected chi connectivity index (χ0v) is 9.30. The highest BCUT2D eigenvalue weighted by Gasteiger charge is 2.11. The highest BCUT2D eigenvalue weighted by molar-refractivity contribution is 5.21. The third kappa shape index (κ3) is 3.84. The van der Waals surface area contributed by atoms with Gasteiger partial charge in [-0.2, -0.15) is 5.48 Å². The summed E-state index contributed by atoms with van der Waals surface area (Å²) in [5.74, 6) is -0.932. The predicted octanol–water partition coefficient (Wildman–Crippen LogP) is 2.19. The van der Waals surface area contributed by atoms with Crippen molar-refractivity contribution >= 4 is 0 Å². The minimum atomic E-state index is -0.470. The van der Waals surface area contributed by atoms with Crippen molar-refractivity contribution in [3.8, 4) is 0 Å². The lowest BCUT2D eigenvalue weighted by molar-refractivity contribution is -0.00981. The van der Waals surface area contributed by atoms with Gasteiger partial charge in [-0.1, -0.05) is 0 Å². The molecule has 1 unspecified atom stereocenters. The van der Waals surface area contributed by atoms with Crippen molar-refractivity contribution in [1.29, 1.82) is 0 Å². The number of hydroxylamine groups is 1. The van der Waals surface area contributed by atoms with Crippen molar-refractivity contribution in [2.45, 2.75) is 13.0 Å². The Kier molecular flexibility index (Phi) is 5.31. The first-order valence-corrected chi connectivity index (χ1v) is 4.96. The molecule has 0 heterocycles. The molecule has 0 fully saturated rings. The van der Waals surface area contributed by atoms with Gasteiger partial charge in [0, 0.05) is 12.7 Å². The molecule has 0 amide bonds. The van der Waals surface area contributed by atoms with E-state index in [0.29, 0.717) is 13.2 Å². The Morgan fingerprint density at radius 2 is 2.06 bits per heavy atom. The van der Waals surface area contributed by atoms with Gasteiger partial charge < -0.3 is 4.74 Å². The van der Waals surface area contributed by atoms with Gasteiger partial charge in [-0.15, -0.1) is 0 Å².